The first kappa shape index (κ1) is 15.8. The van der Waals surface area contributed by atoms with Crippen molar-refractivity contribution in [1.82, 2.24) is 19.9 Å². The van der Waals surface area contributed by atoms with Gasteiger partial charge in [-0.3, -0.25) is 4.98 Å². The van der Waals surface area contributed by atoms with Crippen molar-refractivity contribution in [2.75, 3.05) is 0 Å². The zero-order valence-electron chi connectivity index (χ0n) is 14.4. The molecule has 1 aromatic carbocycles. The van der Waals surface area contributed by atoms with Crippen molar-refractivity contribution in [3.05, 3.63) is 47.1 Å². The van der Waals surface area contributed by atoms with E-state index in [1.165, 1.54) is 12.8 Å². The van der Waals surface area contributed by atoms with Crippen LogP contribution >= 0.6 is 11.6 Å². The van der Waals surface area contributed by atoms with Gasteiger partial charge in [-0.15, -0.1) is 0 Å². The number of benzene rings is 1. The normalized spacial score (nSPS) is 24.4. The number of aromatic nitrogens is 3. The Bertz CT molecular complexity index is 1070. The van der Waals surface area contributed by atoms with Crippen molar-refractivity contribution < 1.29 is 0 Å². The van der Waals surface area contributed by atoms with Gasteiger partial charge in [-0.25, -0.2) is 10.5 Å². The van der Waals surface area contributed by atoms with Crippen molar-refractivity contribution in [2.24, 2.45) is 17.0 Å². The maximum atomic E-state index is 7.05. The minimum atomic E-state index is 0.511. The molecule has 2 aliphatic carbocycles. The molecule has 2 heterocycles. The number of rotatable bonds is 5. The summed E-state index contributed by atoms with van der Waals surface area (Å²) in [5.41, 5.74) is 10.7. The van der Waals surface area contributed by atoms with Crippen molar-refractivity contribution in [3.63, 3.8) is 0 Å². The maximum Gasteiger partial charge on any atom is 0.129 e. The van der Waals surface area contributed by atoms with Gasteiger partial charge < -0.3 is 9.88 Å². The van der Waals surface area contributed by atoms with E-state index in [-0.39, 0.29) is 0 Å². The number of fused-ring (bicyclic) bond motifs is 4. The number of allylic oxidation sites excluding steroid dienone is 1. The zero-order valence-corrected chi connectivity index (χ0v) is 15.2. The number of hydrogen-bond donors (Lipinski definition) is 2. The third-order valence-corrected chi connectivity index (χ3v) is 5.88. The van der Waals surface area contributed by atoms with Crippen LogP contribution in [0.25, 0.3) is 21.9 Å². The fourth-order valence-corrected chi connectivity index (χ4v) is 4.37. The van der Waals surface area contributed by atoms with Crippen LogP contribution in [-0.4, -0.2) is 14.5 Å². The van der Waals surface area contributed by atoms with E-state index in [0.717, 1.165) is 39.6 Å². The molecule has 3 atom stereocenters. The minimum Gasteiger partial charge on any atom is -0.382 e. The largest absolute Gasteiger partial charge is 0.382 e. The van der Waals surface area contributed by atoms with E-state index < -0.39 is 0 Å². The Morgan fingerprint density at radius 2 is 2.31 bits per heavy atom. The molecule has 2 aromatic heterocycles. The second kappa shape index (κ2) is 5.77. The van der Waals surface area contributed by atoms with Crippen LogP contribution in [0.5, 0.6) is 0 Å². The fourth-order valence-electron chi connectivity index (χ4n) is 4.20. The monoisotopic (exact) mass is 366 g/mol. The summed E-state index contributed by atoms with van der Waals surface area (Å²) in [6, 6.07) is 6.35. The number of halogens is 1. The molecule has 2 saturated carbocycles. The molecule has 2 aliphatic rings. The summed E-state index contributed by atoms with van der Waals surface area (Å²) in [7, 11) is 0. The second-order valence-corrected chi connectivity index (χ2v) is 7.73. The first-order chi connectivity index (χ1) is 12.7. The van der Waals surface area contributed by atoms with E-state index in [0.29, 0.717) is 23.3 Å². The topological polar surface area (TPSA) is 79.0 Å². The molecule has 0 radical (unpaired) electrons. The van der Waals surface area contributed by atoms with Gasteiger partial charge in [-0.1, -0.05) is 11.6 Å². The van der Waals surface area contributed by atoms with Crippen molar-refractivity contribution in [2.45, 2.75) is 32.4 Å². The Morgan fingerprint density at radius 1 is 1.42 bits per heavy atom. The van der Waals surface area contributed by atoms with E-state index in [9.17, 15) is 0 Å². The summed E-state index contributed by atoms with van der Waals surface area (Å²) < 4.78 is 2.40. The number of nitrogens with zero attached hydrogens (tertiary/aromatic N) is 4. The lowest BCUT2D eigenvalue weighted by Crippen LogP contribution is -2.24. The molecule has 2 fully saturated rings. The van der Waals surface area contributed by atoms with E-state index >= 15 is 0 Å². The molecule has 2 N–H and O–H groups in total. The van der Waals surface area contributed by atoms with E-state index in [2.05, 4.69) is 20.0 Å². The van der Waals surface area contributed by atoms with Crippen LogP contribution in [0.3, 0.4) is 0 Å². The SMILES string of the molecule is C/C(=C/NCc1nc2cnc3ccc(Cl)cc3c2n1[C@@H]1C[C@H]2CC21)N=N. The van der Waals surface area contributed by atoms with Gasteiger partial charge in [-0.2, -0.15) is 5.11 Å². The van der Waals surface area contributed by atoms with Gasteiger partial charge >= 0.3 is 0 Å². The Morgan fingerprint density at radius 3 is 3.04 bits per heavy atom. The summed E-state index contributed by atoms with van der Waals surface area (Å²) in [5, 5.41) is 8.43. The zero-order chi connectivity index (χ0) is 17.8. The Kier molecular flexibility index (Phi) is 3.50. The highest BCUT2D eigenvalue weighted by Gasteiger charge is 2.55. The molecule has 3 aromatic rings. The van der Waals surface area contributed by atoms with Crippen LogP contribution < -0.4 is 5.32 Å². The lowest BCUT2D eigenvalue weighted by Gasteiger charge is -2.29. The average Bonchev–Trinajstić information content (AvgIpc) is 3.12. The lowest BCUT2D eigenvalue weighted by atomic mass is 9.92. The predicted octanol–water partition coefficient (Wildman–Crippen LogP) is 4.80. The first-order valence-corrected chi connectivity index (χ1v) is 9.26. The third-order valence-electron chi connectivity index (χ3n) is 5.65. The molecule has 7 heteroatoms. The Hall–Kier alpha value is -2.47. The molecular formula is C19H19ClN6. The molecule has 5 rings (SSSR count). The molecule has 0 bridgehead atoms. The van der Waals surface area contributed by atoms with Gasteiger partial charge in [0.2, 0.25) is 0 Å². The van der Waals surface area contributed by atoms with Crippen LogP contribution in [0.4, 0.5) is 0 Å². The van der Waals surface area contributed by atoms with Gasteiger partial charge in [0, 0.05) is 22.7 Å². The lowest BCUT2D eigenvalue weighted by molar-refractivity contribution is 0.287. The maximum absolute atomic E-state index is 7.05. The van der Waals surface area contributed by atoms with Crippen LogP contribution in [0.15, 0.2) is 41.4 Å². The van der Waals surface area contributed by atoms with E-state index in [4.69, 9.17) is 22.1 Å². The molecule has 132 valence electrons. The van der Waals surface area contributed by atoms with Gasteiger partial charge in [0.25, 0.3) is 0 Å². The van der Waals surface area contributed by atoms with Crippen molar-refractivity contribution in [3.8, 4) is 0 Å². The quantitative estimate of drug-likeness (QED) is 0.636. The summed E-state index contributed by atoms with van der Waals surface area (Å²) in [6.07, 6.45) is 6.17. The highest BCUT2D eigenvalue weighted by atomic mass is 35.5. The highest BCUT2D eigenvalue weighted by Crippen LogP contribution is 2.63. The summed E-state index contributed by atoms with van der Waals surface area (Å²) in [4.78, 5) is 9.41. The molecule has 0 aliphatic heterocycles. The second-order valence-electron chi connectivity index (χ2n) is 7.29. The number of imidazole rings is 1. The molecule has 26 heavy (non-hydrogen) atoms. The van der Waals surface area contributed by atoms with Crippen LogP contribution in [0.2, 0.25) is 5.02 Å². The first-order valence-electron chi connectivity index (χ1n) is 8.88. The van der Waals surface area contributed by atoms with E-state index in [1.54, 1.807) is 13.1 Å². The van der Waals surface area contributed by atoms with E-state index in [1.807, 2.05) is 24.4 Å². The minimum absolute atomic E-state index is 0.511. The molecule has 0 amide bonds. The van der Waals surface area contributed by atoms with Crippen molar-refractivity contribution >= 4 is 33.5 Å². The number of hydrogen-bond acceptors (Lipinski definition) is 5. The van der Waals surface area contributed by atoms with Crippen LogP contribution in [0, 0.1) is 17.4 Å². The Balaban J connectivity index is 1.66. The molecule has 0 spiro atoms. The summed E-state index contributed by atoms with van der Waals surface area (Å²) in [6.45, 7) is 2.39. The van der Waals surface area contributed by atoms with Crippen LogP contribution in [-0.2, 0) is 6.54 Å². The molecule has 6 nitrogen and oxygen atoms in total. The van der Waals surface area contributed by atoms with Gasteiger partial charge in [0.15, 0.2) is 0 Å². The average molecular weight is 367 g/mol. The van der Waals surface area contributed by atoms with Gasteiger partial charge in [-0.05, 0) is 49.8 Å². The molecular weight excluding hydrogens is 348 g/mol. The fraction of sp³-hybridized carbons (Fsp3) is 0.368. The highest BCUT2D eigenvalue weighted by molar-refractivity contribution is 6.31. The summed E-state index contributed by atoms with van der Waals surface area (Å²) >= 11 is 6.27. The Labute approximate surface area is 155 Å². The standard InChI is InChI=1S/C19H19ClN6/c1-10(25-21)7-22-9-18-24-16-8-23-15-3-2-12(20)6-14(15)19(16)26(18)17-5-11-4-13(11)17/h2-3,6-8,11,13,17,21-22H,4-5,9H2,1H3/b10-7-,25-21?/t11-,13?,17-/m1/s1. The van der Waals surface area contributed by atoms with Crippen molar-refractivity contribution in [1.29, 1.82) is 5.53 Å². The van der Waals surface area contributed by atoms with Gasteiger partial charge in [0.1, 0.15) is 11.3 Å². The third kappa shape index (κ3) is 2.40. The predicted molar refractivity (Wildman–Crippen MR) is 101 cm³/mol. The number of pyridine rings is 1. The smallest absolute Gasteiger partial charge is 0.129 e. The number of nitrogens with one attached hydrogen (secondary N) is 2. The molecule has 1 unspecified atom stereocenters. The van der Waals surface area contributed by atoms with Crippen LogP contribution in [0.1, 0.15) is 31.6 Å². The van der Waals surface area contributed by atoms with Gasteiger partial charge in [0.05, 0.1) is 29.5 Å². The molecule has 0 saturated heterocycles. The summed E-state index contributed by atoms with van der Waals surface area (Å²) in [5.74, 6) is 2.69.